The largest absolute Gasteiger partial charge is 0.384 e. The Bertz CT molecular complexity index is 436. The Labute approximate surface area is 131 Å². The average molecular weight is 310 g/mol. The van der Waals surface area contributed by atoms with Gasteiger partial charge in [-0.3, -0.25) is 4.79 Å². The molecule has 4 nitrogen and oxygen atoms in total. The lowest BCUT2D eigenvalue weighted by Gasteiger charge is -2.40. The molecule has 0 aromatic carbocycles. The number of rotatable bonds is 6. The monoisotopic (exact) mass is 310 g/mol. The number of thiophene rings is 1. The molecular weight excluding hydrogens is 284 g/mol. The van der Waals surface area contributed by atoms with E-state index in [0.29, 0.717) is 6.61 Å². The second kappa shape index (κ2) is 7.38. The third-order valence-corrected chi connectivity index (χ3v) is 5.39. The highest BCUT2D eigenvalue weighted by Crippen LogP contribution is 2.32. The molecule has 1 amide bonds. The zero-order valence-corrected chi connectivity index (χ0v) is 14.0. The van der Waals surface area contributed by atoms with Gasteiger partial charge in [-0.2, -0.15) is 0 Å². The molecule has 1 aliphatic rings. The number of hydrogen-bond acceptors (Lipinski definition) is 4. The van der Waals surface area contributed by atoms with Gasteiger partial charge in [0.05, 0.1) is 12.0 Å². The van der Waals surface area contributed by atoms with Crippen LogP contribution in [0.3, 0.4) is 0 Å². The molecule has 1 fully saturated rings. The highest BCUT2D eigenvalue weighted by Gasteiger charge is 2.42. The molecule has 1 saturated heterocycles. The van der Waals surface area contributed by atoms with Crippen molar-refractivity contribution in [2.75, 3.05) is 33.9 Å². The molecule has 1 N–H and O–H groups in total. The van der Waals surface area contributed by atoms with Gasteiger partial charge in [0.2, 0.25) is 5.91 Å². The lowest BCUT2D eigenvalue weighted by molar-refractivity contribution is -0.148. The van der Waals surface area contributed by atoms with Crippen LogP contribution in [0.2, 0.25) is 0 Å². The van der Waals surface area contributed by atoms with Crippen LogP contribution in [-0.4, -0.2) is 50.7 Å². The van der Waals surface area contributed by atoms with Crippen LogP contribution in [0.25, 0.3) is 0 Å². The van der Waals surface area contributed by atoms with Gasteiger partial charge in [-0.25, -0.2) is 0 Å². The van der Waals surface area contributed by atoms with Gasteiger partial charge in [0.15, 0.2) is 0 Å². The molecule has 21 heavy (non-hydrogen) atoms. The fraction of sp³-hybridized carbons (Fsp3) is 0.688. The fourth-order valence-electron chi connectivity index (χ4n) is 3.03. The highest BCUT2D eigenvalue weighted by molar-refractivity contribution is 7.09. The third kappa shape index (κ3) is 3.84. The van der Waals surface area contributed by atoms with Crippen molar-refractivity contribution in [1.29, 1.82) is 0 Å². The SMILES string of the molecule is COCC1(C(=O)N(C)C(C)Cc2cccs2)CCNCC1. The average Bonchev–Trinajstić information content (AvgIpc) is 3.00. The molecule has 0 spiro atoms. The van der Waals surface area contributed by atoms with Crippen LogP contribution in [0.15, 0.2) is 17.5 Å². The summed E-state index contributed by atoms with van der Waals surface area (Å²) in [5.41, 5.74) is -0.349. The molecule has 2 heterocycles. The first-order valence-electron chi connectivity index (χ1n) is 7.58. The third-order valence-electron chi connectivity index (χ3n) is 4.49. The number of hydrogen-bond donors (Lipinski definition) is 1. The van der Waals surface area contributed by atoms with E-state index in [-0.39, 0.29) is 17.4 Å². The van der Waals surface area contributed by atoms with E-state index in [0.717, 1.165) is 32.4 Å². The number of nitrogens with zero attached hydrogens (tertiary/aromatic N) is 1. The second-order valence-electron chi connectivity index (χ2n) is 6.01. The van der Waals surface area contributed by atoms with Crippen LogP contribution in [0.1, 0.15) is 24.6 Å². The number of amides is 1. The molecule has 2 rings (SSSR count). The number of carbonyl (C=O) groups excluding carboxylic acids is 1. The predicted molar refractivity (Wildman–Crippen MR) is 86.7 cm³/mol. The van der Waals surface area contributed by atoms with E-state index >= 15 is 0 Å². The van der Waals surface area contributed by atoms with Crippen molar-refractivity contribution in [3.8, 4) is 0 Å². The Hall–Kier alpha value is -0.910. The fourth-order valence-corrected chi connectivity index (χ4v) is 3.86. The first kappa shape index (κ1) is 16.5. The Morgan fingerprint density at radius 3 is 2.81 bits per heavy atom. The lowest BCUT2D eigenvalue weighted by atomic mass is 9.78. The summed E-state index contributed by atoms with van der Waals surface area (Å²) < 4.78 is 5.37. The second-order valence-corrected chi connectivity index (χ2v) is 7.04. The molecule has 1 atom stereocenters. The maximum atomic E-state index is 13.0. The number of methoxy groups -OCH3 is 1. The van der Waals surface area contributed by atoms with Gasteiger partial charge in [-0.05, 0) is 44.3 Å². The number of carbonyl (C=O) groups is 1. The van der Waals surface area contributed by atoms with Gasteiger partial charge in [0, 0.05) is 31.5 Å². The molecule has 1 aliphatic heterocycles. The summed E-state index contributed by atoms with van der Waals surface area (Å²) in [6.45, 7) is 4.42. The zero-order valence-electron chi connectivity index (χ0n) is 13.2. The normalized spacial score (nSPS) is 19.2. The van der Waals surface area contributed by atoms with E-state index in [1.165, 1.54) is 4.88 Å². The van der Waals surface area contributed by atoms with E-state index in [1.54, 1.807) is 18.4 Å². The number of ether oxygens (including phenoxy) is 1. The Kier molecular flexibility index (Phi) is 5.79. The highest BCUT2D eigenvalue weighted by atomic mass is 32.1. The van der Waals surface area contributed by atoms with Crippen LogP contribution in [0.4, 0.5) is 0 Å². The first-order valence-corrected chi connectivity index (χ1v) is 8.46. The van der Waals surface area contributed by atoms with E-state index in [2.05, 4.69) is 29.8 Å². The molecule has 5 heteroatoms. The van der Waals surface area contributed by atoms with Crippen LogP contribution in [0, 0.1) is 5.41 Å². The van der Waals surface area contributed by atoms with Gasteiger partial charge >= 0.3 is 0 Å². The number of nitrogens with one attached hydrogen (secondary N) is 1. The summed E-state index contributed by atoms with van der Waals surface area (Å²) in [4.78, 5) is 16.2. The topological polar surface area (TPSA) is 41.6 Å². The van der Waals surface area contributed by atoms with E-state index in [1.807, 2.05) is 11.9 Å². The van der Waals surface area contributed by atoms with Crippen molar-refractivity contribution >= 4 is 17.2 Å². The van der Waals surface area contributed by atoms with Gasteiger partial charge in [0.25, 0.3) is 0 Å². The maximum absolute atomic E-state index is 13.0. The number of likely N-dealkylation sites (N-methyl/N-ethyl adjacent to an activating group) is 1. The Balaban J connectivity index is 2.04. The molecule has 0 saturated carbocycles. The summed E-state index contributed by atoms with van der Waals surface area (Å²) in [5.74, 6) is 0.231. The van der Waals surface area contributed by atoms with Gasteiger partial charge < -0.3 is 15.0 Å². The van der Waals surface area contributed by atoms with E-state index in [4.69, 9.17) is 4.74 Å². The minimum atomic E-state index is -0.349. The molecule has 118 valence electrons. The summed E-state index contributed by atoms with van der Waals surface area (Å²) in [7, 11) is 3.62. The van der Waals surface area contributed by atoms with Gasteiger partial charge in [-0.15, -0.1) is 11.3 Å². The van der Waals surface area contributed by atoms with Gasteiger partial charge in [0.1, 0.15) is 0 Å². The summed E-state index contributed by atoms with van der Waals surface area (Å²) in [6.07, 6.45) is 2.63. The van der Waals surface area contributed by atoms with Crippen LogP contribution < -0.4 is 5.32 Å². The molecule has 0 bridgehead atoms. The first-order chi connectivity index (χ1) is 10.1. The van der Waals surface area contributed by atoms with Crippen molar-refractivity contribution in [3.63, 3.8) is 0 Å². The molecule has 1 aromatic heterocycles. The van der Waals surface area contributed by atoms with Crippen molar-refractivity contribution in [3.05, 3.63) is 22.4 Å². The van der Waals surface area contributed by atoms with Crippen molar-refractivity contribution in [1.82, 2.24) is 10.2 Å². The Morgan fingerprint density at radius 2 is 2.24 bits per heavy atom. The van der Waals surface area contributed by atoms with Crippen molar-refractivity contribution in [2.45, 2.75) is 32.2 Å². The number of piperidine rings is 1. The molecule has 1 unspecified atom stereocenters. The van der Waals surface area contributed by atoms with E-state index < -0.39 is 0 Å². The minimum Gasteiger partial charge on any atom is -0.384 e. The lowest BCUT2D eigenvalue weighted by Crippen LogP contribution is -2.52. The standard InChI is InChI=1S/C16H26N2O2S/c1-13(11-14-5-4-10-21-14)18(2)15(19)16(12-20-3)6-8-17-9-7-16/h4-5,10,13,17H,6-9,11-12H2,1-3H3. The molecule has 0 radical (unpaired) electrons. The van der Waals surface area contributed by atoms with Gasteiger partial charge in [-0.1, -0.05) is 6.07 Å². The molecular formula is C16H26N2O2S. The Morgan fingerprint density at radius 1 is 1.52 bits per heavy atom. The minimum absolute atomic E-state index is 0.208. The van der Waals surface area contributed by atoms with Crippen molar-refractivity contribution < 1.29 is 9.53 Å². The van der Waals surface area contributed by atoms with E-state index in [9.17, 15) is 4.79 Å². The maximum Gasteiger partial charge on any atom is 0.231 e. The molecule has 1 aromatic rings. The molecule has 0 aliphatic carbocycles. The van der Waals surface area contributed by atoms with Crippen LogP contribution in [0.5, 0.6) is 0 Å². The summed E-state index contributed by atoms with van der Waals surface area (Å²) in [6, 6.07) is 4.41. The quantitative estimate of drug-likeness (QED) is 0.875. The zero-order chi connectivity index (χ0) is 15.3. The van der Waals surface area contributed by atoms with Crippen LogP contribution in [-0.2, 0) is 16.0 Å². The predicted octanol–water partition coefficient (Wildman–Crippen LogP) is 2.15. The smallest absolute Gasteiger partial charge is 0.231 e. The van der Waals surface area contributed by atoms with Crippen LogP contribution >= 0.6 is 11.3 Å². The summed E-state index contributed by atoms with van der Waals surface area (Å²) >= 11 is 1.75. The van der Waals surface area contributed by atoms with Crippen molar-refractivity contribution in [2.24, 2.45) is 5.41 Å². The summed E-state index contributed by atoms with van der Waals surface area (Å²) in [5, 5.41) is 5.42.